The largest absolute Gasteiger partial charge is 0.425 e. The zero-order valence-corrected chi connectivity index (χ0v) is 11.9. The van der Waals surface area contributed by atoms with E-state index in [1.54, 1.807) is 12.1 Å². The van der Waals surface area contributed by atoms with Crippen LogP contribution in [0.5, 0.6) is 0 Å². The van der Waals surface area contributed by atoms with Crippen molar-refractivity contribution in [2.24, 2.45) is 0 Å². The zero-order chi connectivity index (χ0) is 14.7. The molecule has 0 aliphatic rings. The van der Waals surface area contributed by atoms with Crippen molar-refractivity contribution in [2.45, 2.75) is 6.92 Å². The van der Waals surface area contributed by atoms with E-state index in [4.69, 9.17) is 0 Å². The number of pyridine rings is 1. The molecule has 0 bridgehead atoms. The quantitative estimate of drug-likeness (QED) is 0.872. The van der Waals surface area contributed by atoms with Gasteiger partial charge in [-0.15, -0.1) is 4.73 Å². The smallest absolute Gasteiger partial charge is 0.283 e. The highest BCUT2D eigenvalue weighted by molar-refractivity contribution is 5.69. The highest BCUT2D eigenvalue weighted by Gasteiger charge is 2.00. The second kappa shape index (κ2) is 5.65. The Morgan fingerprint density at radius 2 is 1.75 bits per heavy atom. The van der Waals surface area contributed by atoms with Gasteiger partial charge in [-0.2, -0.15) is 0 Å². The monoisotopic (exact) mass is 270 g/mol. The molecule has 0 atom stereocenters. The summed E-state index contributed by atoms with van der Waals surface area (Å²) in [4.78, 5) is 13.5. The third kappa shape index (κ3) is 3.09. The summed E-state index contributed by atoms with van der Waals surface area (Å²) in [5.74, 6) is 0. The first-order chi connectivity index (χ1) is 9.47. The lowest BCUT2D eigenvalue weighted by Gasteiger charge is -2.11. The molecule has 0 spiro atoms. The van der Waals surface area contributed by atoms with Gasteiger partial charge in [0.05, 0.1) is 5.69 Å². The maximum absolute atomic E-state index is 11.5. The second-order valence-electron chi connectivity index (χ2n) is 4.93. The van der Waals surface area contributed by atoms with Crippen molar-refractivity contribution in [1.29, 1.82) is 0 Å². The highest BCUT2D eigenvalue weighted by Crippen LogP contribution is 2.14. The van der Waals surface area contributed by atoms with Gasteiger partial charge < -0.3 is 10.1 Å². The van der Waals surface area contributed by atoms with Gasteiger partial charge in [0, 0.05) is 25.8 Å². The Labute approximate surface area is 118 Å². The number of aryl methyl sites for hydroxylation is 1. The Bertz CT molecular complexity index is 683. The van der Waals surface area contributed by atoms with Gasteiger partial charge in [0.1, 0.15) is 0 Å². The van der Waals surface area contributed by atoms with Crippen LogP contribution in [0.3, 0.4) is 0 Å². The molecule has 1 aromatic carbocycles. The molecule has 4 heteroatoms. The van der Waals surface area contributed by atoms with Crippen LogP contribution in [0.25, 0.3) is 12.2 Å². The van der Waals surface area contributed by atoms with Gasteiger partial charge in [-0.3, -0.25) is 4.79 Å². The molecule has 1 N–H and O–H groups in total. The molecular weight excluding hydrogens is 252 g/mol. The highest BCUT2D eigenvalue weighted by atomic mass is 16.5. The molecule has 1 heterocycles. The van der Waals surface area contributed by atoms with E-state index in [1.165, 1.54) is 6.07 Å². The van der Waals surface area contributed by atoms with Gasteiger partial charge in [0.15, 0.2) is 0 Å². The zero-order valence-electron chi connectivity index (χ0n) is 11.9. The molecule has 20 heavy (non-hydrogen) atoms. The fourth-order valence-corrected chi connectivity index (χ4v) is 1.90. The van der Waals surface area contributed by atoms with Crippen LogP contribution in [0.1, 0.15) is 16.8 Å². The van der Waals surface area contributed by atoms with E-state index < -0.39 is 5.56 Å². The third-order valence-electron chi connectivity index (χ3n) is 3.04. The van der Waals surface area contributed by atoms with Crippen molar-refractivity contribution in [3.63, 3.8) is 0 Å². The number of aromatic nitrogens is 1. The molecule has 4 nitrogen and oxygen atoms in total. The van der Waals surface area contributed by atoms with Crippen LogP contribution in [-0.2, 0) is 0 Å². The summed E-state index contributed by atoms with van der Waals surface area (Å²) in [6.07, 6.45) is 3.58. The lowest BCUT2D eigenvalue weighted by atomic mass is 10.1. The van der Waals surface area contributed by atoms with E-state index in [-0.39, 0.29) is 0 Å². The minimum atomic E-state index is -0.424. The lowest BCUT2D eigenvalue weighted by molar-refractivity contribution is 0.172. The first-order valence-electron chi connectivity index (χ1n) is 6.36. The number of benzene rings is 1. The standard InChI is InChI=1S/C16H18N2O2/c1-12-10-15(18(20)16(19)11-12)9-6-13-4-7-14(8-5-13)17(2)3/h4-11,20H,1-3H3/b9-6+. The van der Waals surface area contributed by atoms with E-state index in [0.29, 0.717) is 10.4 Å². The Morgan fingerprint density at radius 3 is 2.35 bits per heavy atom. The Hall–Kier alpha value is -2.49. The molecule has 104 valence electrons. The van der Waals surface area contributed by atoms with E-state index in [0.717, 1.165) is 16.8 Å². The summed E-state index contributed by atoms with van der Waals surface area (Å²) in [7, 11) is 3.98. The van der Waals surface area contributed by atoms with Crippen molar-refractivity contribution in [3.8, 4) is 0 Å². The second-order valence-corrected chi connectivity index (χ2v) is 4.93. The van der Waals surface area contributed by atoms with Crippen molar-refractivity contribution >= 4 is 17.8 Å². The van der Waals surface area contributed by atoms with E-state index in [2.05, 4.69) is 0 Å². The average molecular weight is 270 g/mol. The molecule has 2 aromatic rings. The summed E-state index contributed by atoms with van der Waals surface area (Å²) >= 11 is 0. The summed E-state index contributed by atoms with van der Waals surface area (Å²) < 4.78 is 0.650. The van der Waals surface area contributed by atoms with Crippen molar-refractivity contribution < 1.29 is 5.21 Å². The van der Waals surface area contributed by atoms with Gasteiger partial charge in [0.2, 0.25) is 0 Å². The third-order valence-corrected chi connectivity index (χ3v) is 3.04. The summed E-state index contributed by atoms with van der Waals surface area (Å²) in [6, 6.07) is 11.2. The molecule has 2 rings (SSSR count). The number of anilines is 1. The number of rotatable bonds is 3. The lowest BCUT2D eigenvalue weighted by Crippen LogP contribution is -2.18. The SMILES string of the molecule is Cc1cc(/C=C/c2ccc(N(C)C)cc2)n(O)c(=O)c1. The maximum Gasteiger partial charge on any atom is 0.283 e. The molecule has 0 amide bonds. The Kier molecular flexibility index (Phi) is 3.94. The molecule has 0 aliphatic carbocycles. The first-order valence-corrected chi connectivity index (χ1v) is 6.36. The molecule has 0 unspecified atom stereocenters. The topological polar surface area (TPSA) is 45.5 Å². The predicted molar refractivity (Wildman–Crippen MR) is 82.3 cm³/mol. The van der Waals surface area contributed by atoms with Crippen molar-refractivity contribution in [2.75, 3.05) is 19.0 Å². The van der Waals surface area contributed by atoms with Crippen molar-refractivity contribution in [1.82, 2.24) is 4.73 Å². The van der Waals surface area contributed by atoms with Crippen LogP contribution < -0.4 is 10.5 Å². The van der Waals surface area contributed by atoms with Crippen LogP contribution in [0, 0.1) is 6.92 Å². The van der Waals surface area contributed by atoms with Crippen LogP contribution in [0.15, 0.2) is 41.2 Å². The number of nitrogens with zero attached hydrogens (tertiary/aromatic N) is 2. The minimum Gasteiger partial charge on any atom is -0.425 e. The molecule has 1 aromatic heterocycles. The summed E-state index contributed by atoms with van der Waals surface area (Å²) in [5.41, 5.74) is 2.99. The van der Waals surface area contributed by atoms with E-state index in [1.807, 2.05) is 56.3 Å². The molecule has 0 aliphatic heterocycles. The number of hydrogen-bond donors (Lipinski definition) is 1. The van der Waals surface area contributed by atoms with Crippen LogP contribution in [-0.4, -0.2) is 24.0 Å². The van der Waals surface area contributed by atoms with Gasteiger partial charge in [-0.25, -0.2) is 0 Å². The summed E-state index contributed by atoms with van der Waals surface area (Å²) in [5, 5.41) is 9.66. The normalized spacial score (nSPS) is 10.9. The molecule has 0 radical (unpaired) electrons. The van der Waals surface area contributed by atoms with E-state index in [9.17, 15) is 10.0 Å². The average Bonchev–Trinajstić information content (AvgIpc) is 2.41. The van der Waals surface area contributed by atoms with Crippen LogP contribution in [0.2, 0.25) is 0 Å². The first kappa shape index (κ1) is 13.9. The fraction of sp³-hybridized carbons (Fsp3) is 0.188. The maximum atomic E-state index is 11.5. The fourth-order valence-electron chi connectivity index (χ4n) is 1.90. The van der Waals surface area contributed by atoms with E-state index >= 15 is 0 Å². The van der Waals surface area contributed by atoms with Crippen molar-refractivity contribution in [3.05, 3.63) is 63.6 Å². The molecule has 0 fully saturated rings. The van der Waals surface area contributed by atoms with Gasteiger partial charge in [-0.05, 0) is 42.3 Å². The summed E-state index contributed by atoms with van der Waals surface area (Å²) in [6.45, 7) is 1.82. The molecule has 0 saturated carbocycles. The molecule has 0 saturated heterocycles. The Balaban J connectivity index is 2.27. The van der Waals surface area contributed by atoms with Gasteiger partial charge >= 0.3 is 0 Å². The minimum absolute atomic E-state index is 0.424. The van der Waals surface area contributed by atoms with Crippen LogP contribution in [0.4, 0.5) is 5.69 Å². The van der Waals surface area contributed by atoms with Crippen LogP contribution >= 0.6 is 0 Å². The predicted octanol–water partition coefficient (Wildman–Crippen LogP) is 2.63. The number of hydrogen-bond acceptors (Lipinski definition) is 3. The van der Waals surface area contributed by atoms with Gasteiger partial charge in [0.25, 0.3) is 5.56 Å². The molecular formula is C16H18N2O2. The van der Waals surface area contributed by atoms with Gasteiger partial charge in [-0.1, -0.05) is 18.2 Å². The Morgan fingerprint density at radius 1 is 1.10 bits per heavy atom.